The summed E-state index contributed by atoms with van der Waals surface area (Å²) in [7, 11) is 0. The molecule has 0 radical (unpaired) electrons. The van der Waals surface area contributed by atoms with Gasteiger partial charge in [-0.15, -0.1) is 0 Å². The number of pyridine rings is 1. The Hall–Kier alpha value is -2.33. The number of hydroxylamine groups is 1. The van der Waals surface area contributed by atoms with Crippen molar-refractivity contribution < 1.29 is 4.84 Å². The van der Waals surface area contributed by atoms with Crippen molar-refractivity contribution in [3.63, 3.8) is 0 Å². The van der Waals surface area contributed by atoms with Crippen LogP contribution in [0.2, 0.25) is 0 Å². The fraction of sp³-hybridized carbons (Fsp3) is 0.0714. The molecule has 1 aromatic heterocycles. The number of nitrogens with zero attached hydrogens (tertiary/aromatic N) is 1. The summed E-state index contributed by atoms with van der Waals surface area (Å²) in [6.45, 7) is 0. The molecule has 1 unspecified atom stereocenters. The lowest BCUT2D eigenvalue weighted by atomic mass is 10.1. The van der Waals surface area contributed by atoms with Crippen LogP contribution in [-0.2, 0) is 4.84 Å². The first kappa shape index (κ1) is 10.8. The Morgan fingerprint density at radius 1 is 1.17 bits per heavy atom. The molecule has 2 heterocycles. The van der Waals surface area contributed by atoms with E-state index >= 15 is 0 Å². The number of hydrogen-bond donors (Lipinski definition) is 2. The van der Waals surface area contributed by atoms with Crippen LogP contribution in [0.25, 0.3) is 5.70 Å². The Kier molecular flexibility index (Phi) is 2.70. The third-order valence-corrected chi connectivity index (χ3v) is 2.85. The van der Waals surface area contributed by atoms with E-state index in [9.17, 15) is 0 Å². The van der Waals surface area contributed by atoms with Crippen LogP contribution in [0, 0.1) is 0 Å². The maximum Gasteiger partial charge on any atom is 0.131 e. The fourth-order valence-corrected chi connectivity index (χ4v) is 1.87. The zero-order valence-electron chi connectivity index (χ0n) is 9.71. The number of hydrogen-bond acceptors (Lipinski definition) is 4. The van der Waals surface area contributed by atoms with Gasteiger partial charge in [0, 0.05) is 23.6 Å². The molecule has 3 rings (SSSR count). The van der Waals surface area contributed by atoms with Crippen molar-refractivity contribution in [1.29, 1.82) is 0 Å². The minimum atomic E-state index is -0.0965. The highest BCUT2D eigenvalue weighted by Gasteiger charge is 2.18. The molecule has 0 saturated carbocycles. The van der Waals surface area contributed by atoms with Gasteiger partial charge in [-0.1, -0.05) is 12.1 Å². The van der Waals surface area contributed by atoms with Crippen molar-refractivity contribution in [1.82, 2.24) is 10.5 Å². The second-order valence-electron chi connectivity index (χ2n) is 4.13. The zero-order chi connectivity index (χ0) is 12.4. The summed E-state index contributed by atoms with van der Waals surface area (Å²) in [4.78, 5) is 9.62. The Bertz CT molecular complexity index is 563. The zero-order valence-corrected chi connectivity index (χ0v) is 9.71. The summed E-state index contributed by atoms with van der Waals surface area (Å²) in [5.41, 5.74) is 12.4. The molecule has 4 nitrogen and oxygen atoms in total. The first-order chi connectivity index (χ1) is 8.83. The number of anilines is 1. The highest BCUT2D eigenvalue weighted by molar-refractivity contribution is 5.64. The molecule has 0 bridgehead atoms. The molecule has 0 spiro atoms. The van der Waals surface area contributed by atoms with E-state index in [1.807, 2.05) is 42.5 Å². The van der Waals surface area contributed by atoms with Crippen molar-refractivity contribution in [2.45, 2.75) is 6.10 Å². The van der Waals surface area contributed by atoms with Gasteiger partial charge >= 0.3 is 0 Å². The highest BCUT2D eigenvalue weighted by Crippen LogP contribution is 2.28. The van der Waals surface area contributed by atoms with Crippen molar-refractivity contribution in [3.05, 3.63) is 66.0 Å². The Labute approximate surface area is 105 Å². The molecule has 1 aromatic carbocycles. The minimum Gasteiger partial charge on any atom is -0.399 e. The summed E-state index contributed by atoms with van der Waals surface area (Å²) in [6.07, 6.45) is 5.48. The van der Waals surface area contributed by atoms with Gasteiger partial charge in [-0.3, -0.25) is 15.3 Å². The second kappa shape index (κ2) is 4.50. The van der Waals surface area contributed by atoms with Gasteiger partial charge < -0.3 is 5.73 Å². The third-order valence-electron chi connectivity index (χ3n) is 2.85. The van der Waals surface area contributed by atoms with E-state index in [0.717, 1.165) is 22.5 Å². The van der Waals surface area contributed by atoms with Gasteiger partial charge in [-0.05, 0) is 35.9 Å². The van der Waals surface area contributed by atoms with Gasteiger partial charge in [-0.25, -0.2) is 0 Å². The van der Waals surface area contributed by atoms with Crippen molar-refractivity contribution in [3.8, 4) is 0 Å². The van der Waals surface area contributed by atoms with Crippen molar-refractivity contribution >= 4 is 11.4 Å². The monoisotopic (exact) mass is 239 g/mol. The van der Waals surface area contributed by atoms with Crippen molar-refractivity contribution in [2.24, 2.45) is 0 Å². The quantitative estimate of drug-likeness (QED) is 0.789. The van der Waals surface area contributed by atoms with Gasteiger partial charge in [-0.2, -0.15) is 0 Å². The summed E-state index contributed by atoms with van der Waals surface area (Å²) in [6, 6.07) is 11.5. The molecule has 18 heavy (non-hydrogen) atoms. The highest BCUT2D eigenvalue weighted by atomic mass is 16.7. The number of nitrogens with two attached hydrogens (primary N) is 1. The lowest BCUT2D eigenvalue weighted by Gasteiger charge is -2.07. The van der Waals surface area contributed by atoms with E-state index in [-0.39, 0.29) is 6.10 Å². The number of nitrogen functional groups attached to an aromatic ring is 1. The van der Waals surface area contributed by atoms with E-state index < -0.39 is 0 Å². The molecule has 0 amide bonds. The van der Waals surface area contributed by atoms with Crippen LogP contribution >= 0.6 is 0 Å². The minimum absolute atomic E-state index is 0.0965. The second-order valence-corrected chi connectivity index (χ2v) is 4.13. The number of aromatic nitrogens is 1. The lowest BCUT2D eigenvalue weighted by molar-refractivity contribution is 0.0511. The first-order valence-electron chi connectivity index (χ1n) is 5.72. The van der Waals surface area contributed by atoms with E-state index in [1.165, 1.54) is 0 Å². The van der Waals surface area contributed by atoms with Gasteiger partial charge in [0.1, 0.15) is 6.10 Å². The molecule has 0 aliphatic carbocycles. The Morgan fingerprint density at radius 3 is 2.72 bits per heavy atom. The van der Waals surface area contributed by atoms with Gasteiger partial charge in [0.05, 0.1) is 5.70 Å². The SMILES string of the molecule is Nc1ccc(C2C=C(c3cccnc3)NO2)cc1. The average Bonchev–Trinajstić information content (AvgIpc) is 2.90. The van der Waals surface area contributed by atoms with E-state index in [2.05, 4.69) is 10.5 Å². The number of benzene rings is 1. The van der Waals surface area contributed by atoms with Crippen LogP contribution in [-0.4, -0.2) is 4.98 Å². The molecule has 1 atom stereocenters. The standard InChI is InChI=1S/C14H13N3O/c15-12-5-3-10(4-6-12)14-8-13(17-18-14)11-2-1-7-16-9-11/h1-9,14,17H,15H2. The van der Waals surface area contributed by atoms with Crippen LogP contribution < -0.4 is 11.2 Å². The third kappa shape index (κ3) is 2.06. The Morgan fingerprint density at radius 2 is 2.00 bits per heavy atom. The first-order valence-corrected chi connectivity index (χ1v) is 5.72. The summed E-state index contributed by atoms with van der Waals surface area (Å²) in [5, 5.41) is 0. The van der Waals surface area contributed by atoms with Crippen LogP contribution in [0.15, 0.2) is 54.9 Å². The van der Waals surface area contributed by atoms with Crippen LogP contribution in [0.3, 0.4) is 0 Å². The number of rotatable bonds is 2. The summed E-state index contributed by atoms with van der Waals surface area (Å²) in [5.74, 6) is 0. The summed E-state index contributed by atoms with van der Waals surface area (Å²) >= 11 is 0. The van der Waals surface area contributed by atoms with Gasteiger partial charge in [0.25, 0.3) is 0 Å². The molecule has 3 N–H and O–H groups in total. The molecule has 0 fully saturated rings. The average molecular weight is 239 g/mol. The largest absolute Gasteiger partial charge is 0.399 e. The van der Waals surface area contributed by atoms with Crippen LogP contribution in [0.4, 0.5) is 5.69 Å². The van der Waals surface area contributed by atoms with E-state index in [0.29, 0.717) is 0 Å². The molecular formula is C14H13N3O. The van der Waals surface area contributed by atoms with Gasteiger partial charge in [0.15, 0.2) is 0 Å². The maximum atomic E-state index is 5.66. The van der Waals surface area contributed by atoms with E-state index in [1.54, 1.807) is 12.4 Å². The fourth-order valence-electron chi connectivity index (χ4n) is 1.87. The maximum absolute atomic E-state index is 5.66. The molecular weight excluding hydrogens is 226 g/mol. The molecule has 4 heteroatoms. The topological polar surface area (TPSA) is 60.2 Å². The summed E-state index contributed by atoms with van der Waals surface area (Å²) < 4.78 is 0. The molecule has 1 aliphatic heterocycles. The van der Waals surface area contributed by atoms with Crippen LogP contribution in [0.5, 0.6) is 0 Å². The van der Waals surface area contributed by atoms with E-state index in [4.69, 9.17) is 10.6 Å². The predicted octanol–water partition coefficient (Wildman–Crippen LogP) is 2.28. The van der Waals surface area contributed by atoms with Crippen LogP contribution in [0.1, 0.15) is 17.2 Å². The van der Waals surface area contributed by atoms with Crippen molar-refractivity contribution in [2.75, 3.05) is 5.73 Å². The predicted molar refractivity (Wildman–Crippen MR) is 70.0 cm³/mol. The molecule has 2 aromatic rings. The molecule has 0 saturated heterocycles. The number of nitrogens with one attached hydrogen (secondary N) is 1. The van der Waals surface area contributed by atoms with Gasteiger partial charge in [0.2, 0.25) is 0 Å². The normalized spacial score (nSPS) is 18.2. The lowest BCUT2D eigenvalue weighted by Crippen LogP contribution is -2.07. The Balaban J connectivity index is 1.85. The molecule has 90 valence electrons. The smallest absolute Gasteiger partial charge is 0.131 e. The molecule has 1 aliphatic rings.